The zero-order valence-corrected chi connectivity index (χ0v) is 12.6. The first-order valence-corrected chi connectivity index (χ1v) is 6.85. The van der Waals surface area contributed by atoms with Crippen molar-refractivity contribution in [1.29, 1.82) is 5.26 Å². The lowest BCUT2D eigenvalue weighted by Crippen LogP contribution is -2.47. The maximum atomic E-state index is 12.3. The minimum atomic E-state index is -0.664. The molecule has 0 aromatic heterocycles. The van der Waals surface area contributed by atoms with Crippen LogP contribution in [0.1, 0.15) is 22.8 Å². The number of hydrogen-bond donors (Lipinski definition) is 1. The summed E-state index contributed by atoms with van der Waals surface area (Å²) in [5.74, 6) is -0.565. The summed E-state index contributed by atoms with van der Waals surface area (Å²) >= 11 is 0. The third kappa shape index (κ3) is 4.60. The molecule has 0 aliphatic heterocycles. The number of carbonyl (C=O) groups is 2. The average molecular weight is 297 g/mol. The molecule has 0 aliphatic carbocycles. The van der Waals surface area contributed by atoms with Crippen LogP contribution in [-0.2, 0) is 4.79 Å². The van der Waals surface area contributed by atoms with Crippen molar-refractivity contribution in [3.05, 3.63) is 60.7 Å². The quantitative estimate of drug-likeness (QED) is 0.781. The van der Waals surface area contributed by atoms with Crippen molar-refractivity contribution in [3.8, 4) is 6.07 Å². The fourth-order valence-corrected chi connectivity index (χ4v) is 1.88. The van der Waals surface area contributed by atoms with Crippen LogP contribution in [0.4, 0.5) is 0 Å². The van der Waals surface area contributed by atoms with Gasteiger partial charge in [0.15, 0.2) is 0 Å². The molecule has 1 aromatic carbocycles. The second-order valence-electron chi connectivity index (χ2n) is 4.70. The lowest BCUT2D eigenvalue weighted by atomic mass is 10.1. The van der Waals surface area contributed by atoms with Crippen molar-refractivity contribution < 1.29 is 9.59 Å². The summed E-state index contributed by atoms with van der Waals surface area (Å²) < 4.78 is 0. The molecule has 0 saturated carbocycles. The number of nitrogens with zero attached hydrogens (tertiary/aromatic N) is 2. The maximum Gasteiger partial charge on any atom is 0.251 e. The van der Waals surface area contributed by atoms with Gasteiger partial charge in [-0.05, 0) is 31.2 Å². The first kappa shape index (κ1) is 17.2. The first-order valence-electron chi connectivity index (χ1n) is 6.85. The monoisotopic (exact) mass is 297 g/mol. The highest BCUT2D eigenvalue weighted by Gasteiger charge is 2.21. The van der Waals surface area contributed by atoms with Crippen molar-refractivity contribution in [1.82, 2.24) is 10.2 Å². The highest BCUT2D eigenvalue weighted by molar-refractivity contribution is 5.97. The molecule has 0 fully saturated rings. The largest absolute Gasteiger partial charge is 0.341 e. The summed E-state index contributed by atoms with van der Waals surface area (Å²) in [4.78, 5) is 25.9. The van der Waals surface area contributed by atoms with Crippen molar-refractivity contribution in [2.75, 3.05) is 13.1 Å². The second-order valence-corrected chi connectivity index (χ2v) is 4.70. The van der Waals surface area contributed by atoms with Crippen molar-refractivity contribution in [2.45, 2.75) is 13.0 Å². The molecule has 1 N–H and O–H groups in total. The molecule has 1 atom stereocenters. The third-order valence-electron chi connectivity index (χ3n) is 3.00. The molecule has 2 amide bonds. The number of benzene rings is 1. The van der Waals surface area contributed by atoms with E-state index in [0.29, 0.717) is 24.2 Å². The van der Waals surface area contributed by atoms with E-state index in [4.69, 9.17) is 5.26 Å². The van der Waals surface area contributed by atoms with Crippen LogP contribution in [-0.4, -0.2) is 35.8 Å². The molecule has 0 heterocycles. The van der Waals surface area contributed by atoms with E-state index in [9.17, 15) is 9.59 Å². The van der Waals surface area contributed by atoms with E-state index < -0.39 is 6.04 Å². The summed E-state index contributed by atoms with van der Waals surface area (Å²) in [6.45, 7) is 9.62. The molecule has 0 saturated heterocycles. The molecule has 0 radical (unpaired) electrons. The van der Waals surface area contributed by atoms with Gasteiger partial charge in [0.05, 0.1) is 11.6 Å². The summed E-state index contributed by atoms with van der Waals surface area (Å²) in [7, 11) is 0. The lowest BCUT2D eigenvalue weighted by Gasteiger charge is -2.23. The molecule has 5 heteroatoms. The van der Waals surface area contributed by atoms with E-state index in [2.05, 4.69) is 18.5 Å². The Hall–Kier alpha value is -2.87. The van der Waals surface area contributed by atoms with Gasteiger partial charge in [-0.25, -0.2) is 0 Å². The Balaban J connectivity index is 2.72. The van der Waals surface area contributed by atoms with E-state index in [1.54, 1.807) is 48.2 Å². The smallest absolute Gasteiger partial charge is 0.251 e. The van der Waals surface area contributed by atoms with Crippen LogP contribution in [0.15, 0.2) is 49.6 Å². The fraction of sp³-hybridized carbons (Fsp3) is 0.235. The minimum absolute atomic E-state index is 0.207. The van der Waals surface area contributed by atoms with Crippen molar-refractivity contribution in [2.24, 2.45) is 0 Å². The number of nitrogens with one attached hydrogen (secondary N) is 1. The van der Waals surface area contributed by atoms with Crippen molar-refractivity contribution in [3.63, 3.8) is 0 Å². The van der Waals surface area contributed by atoms with Gasteiger partial charge < -0.3 is 10.2 Å². The van der Waals surface area contributed by atoms with Gasteiger partial charge >= 0.3 is 0 Å². The molecule has 1 aromatic rings. The number of rotatable bonds is 7. The molecule has 1 unspecified atom stereocenters. The summed E-state index contributed by atoms with van der Waals surface area (Å²) in [6.07, 6.45) is 3.24. The van der Waals surface area contributed by atoms with E-state index in [-0.39, 0.29) is 11.8 Å². The number of hydrogen-bond acceptors (Lipinski definition) is 3. The van der Waals surface area contributed by atoms with E-state index in [1.807, 2.05) is 6.07 Å². The Labute approximate surface area is 130 Å². The van der Waals surface area contributed by atoms with Crippen LogP contribution in [0, 0.1) is 11.3 Å². The number of nitriles is 1. The number of carbonyl (C=O) groups excluding carboxylic acids is 2. The Morgan fingerprint density at radius 2 is 1.82 bits per heavy atom. The SMILES string of the molecule is C=CCN(CC=C)C(=O)C(C)NC(=O)c1ccc(C#N)cc1. The minimum Gasteiger partial charge on any atom is -0.341 e. The third-order valence-corrected chi connectivity index (χ3v) is 3.00. The van der Waals surface area contributed by atoms with Crippen LogP contribution in [0.25, 0.3) is 0 Å². The zero-order valence-electron chi connectivity index (χ0n) is 12.6. The zero-order chi connectivity index (χ0) is 16.5. The van der Waals surface area contributed by atoms with E-state index >= 15 is 0 Å². The first-order chi connectivity index (χ1) is 10.5. The Kier molecular flexibility index (Phi) is 6.58. The maximum absolute atomic E-state index is 12.3. The molecule has 114 valence electrons. The fourth-order valence-electron chi connectivity index (χ4n) is 1.88. The van der Waals surface area contributed by atoms with E-state index in [0.717, 1.165) is 0 Å². The van der Waals surface area contributed by atoms with Gasteiger partial charge in [0.2, 0.25) is 5.91 Å². The van der Waals surface area contributed by atoms with Crippen LogP contribution >= 0.6 is 0 Å². The van der Waals surface area contributed by atoms with E-state index in [1.165, 1.54) is 0 Å². The topological polar surface area (TPSA) is 73.2 Å². The molecule has 22 heavy (non-hydrogen) atoms. The lowest BCUT2D eigenvalue weighted by molar-refractivity contribution is -0.131. The molecule has 0 aliphatic rings. The van der Waals surface area contributed by atoms with Gasteiger partial charge in [0, 0.05) is 18.7 Å². The standard InChI is InChI=1S/C17H19N3O2/c1-4-10-20(11-5-2)17(22)13(3)19-16(21)15-8-6-14(12-18)7-9-15/h4-9,13H,1-2,10-11H2,3H3,(H,19,21). The molecular weight excluding hydrogens is 278 g/mol. The van der Waals surface area contributed by atoms with Gasteiger partial charge in [0.25, 0.3) is 5.91 Å². The number of amides is 2. The Morgan fingerprint density at radius 1 is 1.27 bits per heavy atom. The van der Waals surface area contributed by atoms with Crippen LogP contribution < -0.4 is 5.32 Å². The average Bonchev–Trinajstić information content (AvgIpc) is 2.53. The van der Waals surface area contributed by atoms with Crippen LogP contribution in [0.5, 0.6) is 0 Å². The van der Waals surface area contributed by atoms with Gasteiger partial charge in [-0.1, -0.05) is 12.2 Å². The molecule has 1 rings (SSSR count). The van der Waals surface area contributed by atoms with Crippen LogP contribution in [0.3, 0.4) is 0 Å². The molecule has 0 spiro atoms. The summed E-state index contributed by atoms with van der Waals surface area (Å²) in [5, 5.41) is 11.4. The summed E-state index contributed by atoms with van der Waals surface area (Å²) in [6, 6.07) is 7.54. The van der Waals surface area contributed by atoms with Gasteiger partial charge in [-0.2, -0.15) is 5.26 Å². The summed E-state index contributed by atoms with van der Waals surface area (Å²) in [5.41, 5.74) is 0.876. The predicted octanol–water partition coefficient (Wildman–Crippen LogP) is 1.88. The predicted molar refractivity (Wildman–Crippen MR) is 85.1 cm³/mol. The normalized spacial score (nSPS) is 10.9. The van der Waals surface area contributed by atoms with Gasteiger partial charge in [0.1, 0.15) is 6.04 Å². The Bertz CT molecular complexity index is 589. The molecule has 0 bridgehead atoms. The highest BCUT2D eigenvalue weighted by atomic mass is 16.2. The van der Waals surface area contributed by atoms with Crippen LogP contribution in [0.2, 0.25) is 0 Å². The molecular formula is C17H19N3O2. The second kappa shape index (κ2) is 8.42. The molecule has 5 nitrogen and oxygen atoms in total. The van der Waals surface area contributed by atoms with Crippen molar-refractivity contribution >= 4 is 11.8 Å². The van der Waals surface area contributed by atoms with Gasteiger partial charge in [-0.3, -0.25) is 9.59 Å². The Morgan fingerprint density at radius 3 is 2.27 bits per heavy atom. The highest BCUT2D eigenvalue weighted by Crippen LogP contribution is 2.04. The van der Waals surface area contributed by atoms with Gasteiger partial charge in [-0.15, -0.1) is 13.2 Å².